The van der Waals surface area contributed by atoms with Gasteiger partial charge in [-0.25, -0.2) is 23.7 Å². The van der Waals surface area contributed by atoms with Gasteiger partial charge >= 0.3 is 0 Å². The lowest BCUT2D eigenvalue weighted by Gasteiger charge is -2.45. The summed E-state index contributed by atoms with van der Waals surface area (Å²) in [5, 5.41) is 60.8. The van der Waals surface area contributed by atoms with Gasteiger partial charge in [0.1, 0.15) is 66.9 Å². The molecule has 27 nitrogen and oxygen atoms in total. The van der Waals surface area contributed by atoms with E-state index in [-0.39, 0.29) is 221 Å². The average molecular weight is 2170 g/mol. The Hall–Kier alpha value is -11.3. The number of hydrogen-bond acceptors (Lipinski definition) is 21. The van der Waals surface area contributed by atoms with E-state index in [1.54, 1.807) is 71.4 Å². The number of phenolic OH excluding ortho intramolecular Hbond substituents is 3. The number of amides is 3. The minimum absolute atomic E-state index is 0.00262. The predicted octanol–water partition coefficient (Wildman–Crippen LogP) is 24.0. The van der Waals surface area contributed by atoms with Crippen LogP contribution in [0.3, 0.4) is 0 Å². The van der Waals surface area contributed by atoms with Crippen LogP contribution in [-0.4, -0.2) is 167 Å². The molecule has 0 radical (unpaired) electrons. The quantitative estimate of drug-likeness (QED) is 0.0487. The maximum Gasteiger partial charge on any atom is 0.276 e. The molecule has 0 aliphatic carbocycles. The molecule has 3 aromatic carbocycles. The van der Waals surface area contributed by atoms with Crippen LogP contribution in [0.5, 0.6) is 17.2 Å². The molecule has 15 rings (SSSR count). The summed E-state index contributed by atoms with van der Waals surface area (Å²) < 4.78 is 35.3. The van der Waals surface area contributed by atoms with E-state index in [0.29, 0.717) is 85.8 Å². The van der Waals surface area contributed by atoms with Crippen molar-refractivity contribution >= 4 is 219 Å². The predicted molar refractivity (Wildman–Crippen MR) is 557 cm³/mol. The van der Waals surface area contributed by atoms with E-state index in [4.69, 9.17) is 166 Å². The molecule has 0 unspecified atom stereocenters. The van der Waals surface area contributed by atoms with Crippen LogP contribution in [0.25, 0.3) is 83.9 Å². The summed E-state index contributed by atoms with van der Waals surface area (Å²) in [4.78, 5) is 120. The molecular formula is C99H87Cl13F2N18O9. The number of aromatic hydroxyl groups is 3. The van der Waals surface area contributed by atoms with Gasteiger partial charge < -0.3 is 44.7 Å². The zero-order chi connectivity index (χ0) is 104. The molecule has 3 aliphatic rings. The van der Waals surface area contributed by atoms with Crippen molar-refractivity contribution in [1.29, 1.82) is 15.8 Å². The Bertz CT molecular complexity index is 6860. The van der Waals surface area contributed by atoms with Gasteiger partial charge in [-0.1, -0.05) is 212 Å². The van der Waals surface area contributed by atoms with E-state index >= 15 is 8.78 Å². The third kappa shape index (κ3) is 18.9. The van der Waals surface area contributed by atoms with Gasteiger partial charge in [0.05, 0.1) is 130 Å². The molecule has 3 saturated heterocycles. The summed E-state index contributed by atoms with van der Waals surface area (Å²) in [6.45, 7) is 40.7. The zero-order valence-corrected chi connectivity index (χ0v) is 87.8. The van der Waals surface area contributed by atoms with Crippen molar-refractivity contribution in [3.05, 3.63) is 251 Å². The molecule has 732 valence electrons. The highest BCUT2D eigenvalue weighted by atomic mass is 35.5. The first-order valence-electron chi connectivity index (χ1n) is 43.7. The molecular weight excluding hydrogens is 2080 g/mol. The molecule has 0 saturated carbocycles. The number of halogens is 15. The summed E-state index contributed by atoms with van der Waals surface area (Å²) in [6, 6.07) is 14.2. The minimum atomic E-state index is -1.22. The number of carbonyl (C=O) groups excluding carboxylic acids is 3. The number of carbonyl (C=O) groups is 3. The number of pyridine rings is 9. The lowest BCUT2D eigenvalue weighted by molar-refractivity contribution is -0.131. The van der Waals surface area contributed by atoms with Crippen LogP contribution >= 0.6 is 151 Å². The summed E-state index contributed by atoms with van der Waals surface area (Å²) in [6.07, 6.45) is 8.66. The molecule has 6 atom stereocenters. The average Bonchev–Trinajstić information content (AvgIpc) is 0.725. The Morgan fingerprint density at radius 3 is 0.851 bits per heavy atom. The number of nitrogens with zero attached hydrogens (tertiary/aromatic N) is 18. The van der Waals surface area contributed by atoms with Gasteiger partial charge in [0, 0.05) is 116 Å². The second kappa shape index (κ2) is 42.3. The first-order chi connectivity index (χ1) is 66.5. The molecule has 3 amide bonds. The van der Waals surface area contributed by atoms with E-state index in [1.807, 2.05) is 105 Å². The second-order valence-electron chi connectivity index (χ2n) is 35.1. The van der Waals surface area contributed by atoms with E-state index in [0.717, 1.165) is 0 Å². The normalized spacial score (nSPS) is 16.6. The number of phenols is 3. The van der Waals surface area contributed by atoms with Gasteiger partial charge in [-0.3, -0.25) is 57.4 Å². The van der Waals surface area contributed by atoms with Crippen LogP contribution in [0.2, 0.25) is 65.3 Å². The standard InChI is InChI=1S/C33H29Cl5N6O3.2C33H29Cl4FN6O3/c1-7-21(45)43-16(5)12-42(13-17(43)6)30-18-10-20(34)28(22-23(35)25(37)26(38)31(46)24(22)36)41-32(18)44(33(47)19(30)11-39)29-15(4)8-9-40-27(29)14(2)3;2*1-7-21(45)43-16(5)12-42(13-17(43)6)30-18-10-20(34)28(22-23(35)24(36)25(37)31(46)26(22)38)41-32(18)44(33(47)19(30)11-39)29-15(4)8-9-40-27(29)14(2)3/h3*7-10,14,16-17,46H,1,12-13H2,2-6H3/t3*16-,17+. The van der Waals surface area contributed by atoms with E-state index in [2.05, 4.69) is 52.9 Å². The lowest BCUT2D eigenvalue weighted by Crippen LogP contribution is -2.58. The van der Waals surface area contributed by atoms with Crippen molar-refractivity contribution in [2.75, 3.05) is 54.0 Å². The third-order valence-electron chi connectivity index (χ3n) is 24.8. The zero-order valence-electron chi connectivity index (χ0n) is 78.0. The molecule has 42 heteroatoms. The van der Waals surface area contributed by atoms with E-state index in [1.165, 1.54) is 44.1 Å². The van der Waals surface area contributed by atoms with Gasteiger partial charge in [0.2, 0.25) is 17.7 Å². The van der Waals surface area contributed by atoms with Crippen molar-refractivity contribution in [3.63, 3.8) is 0 Å². The Balaban J connectivity index is 0.000000178. The number of anilines is 3. The minimum Gasteiger partial charge on any atom is -0.505 e. The first-order valence-corrected chi connectivity index (χ1v) is 48.6. The van der Waals surface area contributed by atoms with Crippen LogP contribution in [0.15, 0.2) is 107 Å². The van der Waals surface area contributed by atoms with Gasteiger partial charge in [-0.2, -0.15) is 15.8 Å². The molecule has 3 fully saturated rings. The number of fused-ring (bicyclic) bond motifs is 3. The van der Waals surface area contributed by atoms with Crippen LogP contribution in [0, 0.1) is 66.4 Å². The largest absolute Gasteiger partial charge is 0.505 e. The van der Waals surface area contributed by atoms with Crippen molar-refractivity contribution in [3.8, 4) is 86.3 Å². The van der Waals surface area contributed by atoms with Gasteiger partial charge in [0.15, 0.2) is 28.9 Å². The molecule has 12 aromatic rings. The summed E-state index contributed by atoms with van der Waals surface area (Å²) in [5.41, 5.74) is 2.19. The van der Waals surface area contributed by atoms with E-state index in [9.17, 15) is 59.9 Å². The SMILES string of the molecule is C=CC(=O)N1[C@H](C)CN(c2c(C#N)c(=O)n(-c3c(C)ccnc3C(C)C)c3nc(-c4c(Cl)c(O)c(Cl)c(Cl)c4Cl)c(Cl)cc23)C[C@@H]1C.C=CC(=O)N1[C@H](C)CN(c2c(C#N)c(=O)n(-c3c(C)ccnc3C(C)C)c3nc(-c4c(F)c(O)c(Cl)c(Cl)c4Cl)c(Cl)cc23)C[C@@H]1C.C=CC(=O)N1[C@H](C)CN(c2c(C#N)c(=O)n(-c3c(C)ccnc3C(C)C)c3nc(-c4c(F)c(O)c(Cl)c(Cl)c4Cl)c(Cl)cc23)C[C@@H]1C. The number of piperazine rings is 3. The van der Waals surface area contributed by atoms with Crippen molar-refractivity contribution in [1.82, 2.24) is 58.3 Å². The van der Waals surface area contributed by atoms with Crippen molar-refractivity contribution in [2.24, 2.45) is 0 Å². The van der Waals surface area contributed by atoms with Crippen LogP contribution < -0.4 is 31.4 Å². The summed E-state index contributed by atoms with van der Waals surface area (Å²) in [5.74, 6) is -5.97. The van der Waals surface area contributed by atoms with Gasteiger partial charge in [-0.15, -0.1) is 0 Å². The monoisotopic (exact) mass is 2160 g/mol. The summed E-state index contributed by atoms with van der Waals surface area (Å²) in [7, 11) is 0. The lowest BCUT2D eigenvalue weighted by atomic mass is 10.0. The maximum absolute atomic E-state index is 15.7. The van der Waals surface area contributed by atoms with Crippen molar-refractivity contribution in [2.45, 2.75) is 158 Å². The molecule has 3 aliphatic heterocycles. The maximum atomic E-state index is 15.7. The molecule has 0 spiro atoms. The molecule has 141 heavy (non-hydrogen) atoms. The van der Waals surface area contributed by atoms with E-state index < -0.39 is 66.7 Å². The molecule has 3 N–H and O–H groups in total. The highest BCUT2D eigenvalue weighted by Crippen LogP contribution is 2.54. The Kier molecular flexibility index (Phi) is 32.1. The highest BCUT2D eigenvalue weighted by molar-refractivity contribution is 6.53. The fourth-order valence-corrected chi connectivity index (χ4v) is 21.9. The molecule has 9 aromatic heterocycles. The number of rotatable bonds is 15. The number of nitriles is 3. The fourth-order valence-electron chi connectivity index (χ4n) is 18.7. The van der Waals surface area contributed by atoms with Gasteiger partial charge in [0.25, 0.3) is 16.7 Å². The van der Waals surface area contributed by atoms with Gasteiger partial charge in [-0.05, 0) is 151 Å². The smallest absolute Gasteiger partial charge is 0.276 e. The Morgan fingerprint density at radius 2 is 0.617 bits per heavy atom. The Morgan fingerprint density at radius 1 is 0.383 bits per heavy atom. The molecule has 12 heterocycles. The van der Waals surface area contributed by atoms with Crippen LogP contribution in [0.1, 0.15) is 151 Å². The fraction of sp³-hybridized carbons (Fsp3) is 0.303. The molecule has 0 bridgehead atoms. The number of aromatic nitrogens is 9. The second-order valence-corrected chi connectivity index (χ2v) is 40.1. The Labute approximate surface area is 873 Å². The van der Waals surface area contributed by atoms with Crippen LogP contribution in [0.4, 0.5) is 25.8 Å². The third-order valence-corrected chi connectivity index (χ3v) is 29.9. The summed E-state index contributed by atoms with van der Waals surface area (Å²) >= 11 is 83.6. The number of hydrogen-bond donors (Lipinski definition) is 3. The number of benzene rings is 3. The highest BCUT2D eigenvalue weighted by Gasteiger charge is 2.42. The first kappa shape index (κ1) is 107. The van der Waals surface area contributed by atoms with Crippen molar-refractivity contribution < 1.29 is 38.5 Å². The van der Waals surface area contributed by atoms with Crippen LogP contribution in [-0.2, 0) is 14.4 Å². The topological polar surface area (TPSA) is 346 Å². The number of aryl methyl sites for hydroxylation is 3.